The molecule has 1 aliphatic heterocycles. The number of hydrogen-bond donors (Lipinski definition) is 1. The Hall–Kier alpha value is -0.110. The summed E-state index contributed by atoms with van der Waals surface area (Å²) in [7, 11) is 0. The average Bonchev–Trinajstić information content (AvgIpc) is 2.59. The molecule has 1 saturated carbocycles. The van der Waals surface area contributed by atoms with Crippen LogP contribution in [-0.2, 0) is 0 Å². The fourth-order valence-electron chi connectivity index (χ4n) is 3.51. The first-order valence-corrected chi connectivity index (χ1v) is 7.11. The molecule has 1 saturated heterocycles. The van der Waals surface area contributed by atoms with E-state index in [1.807, 2.05) is 6.92 Å². The molecule has 1 N–H and O–H groups in total. The minimum atomic E-state index is -0.933. The molecule has 1 nitrogen and oxygen atoms in total. The molecule has 0 aromatic heterocycles. The van der Waals surface area contributed by atoms with Crippen LogP contribution in [0.4, 0.5) is 4.39 Å². The van der Waals surface area contributed by atoms with Crippen molar-refractivity contribution in [3.05, 3.63) is 0 Å². The highest BCUT2D eigenvalue weighted by Gasteiger charge is 2.41. The van der Waals surface area contributed by atoms with Crippen molar-refractivity contribution in [3.63, 3.8) is 0 Å². The summed E-state index contributed by atoms with van der Waals surface area (Å²) in [5.41, 5.74) is -0.933. The molecule has 0 aromatic rings. The predicted octanol–water partition coefficient (Wildman–Crippen LogP) is 3.68. The van der Waals surface area contributed by atoms with Crippen LogP contribution in [0.25, 0.3) is 0 Å². The van der Waals surface area contributed by atoms with E-state index in [0.717, 1.165) is 38.8 Å². The van der Waals surface area contributed by atoms with Crippen molar-refractivity contribution in [1.29, 1.82) is 0 Å². The molecule has 0 bridgehead atoms. The molecule has 2 rings (SSSR count). The van der Waals surface area contributed by atoms with Crippen LogP contribution in [0.1, 0.15) is 58.3 Å². The van der Waals surface area contributed by atoms with Gasteiger partial charge in [0.1, 0.15) is 5.67 Å². The van der Waals surface area contributed by atoms with E-state index in [0.29, 0.717) is 5.92 Å². The Labute approximate surface area is 99.2 Å². The SMILES string of the molecule is CC(F)(C1CCCCCC1)C1CCCNC1. The van der Waals surface area contributed by atoms with Gasteiger partial charge in [0.25, 0.3) is 0 Å². The molecule has 2 atom stereocenters. The van der Waals surface area contributed by atoms with Crippen molar-refractivity contribution in [2.75, 3.05) is 13.1 Å². The van der Waals surface area contributed by atoms with E-state index in [4.69, 9.17) is 0 Å². The number of piperidine rings is 1. The predicted molar refractivity (Wildman–Crippen MR) is 66.3 cm³/mol. The zero-order chi connectivity index (χ0) is 11.4. The number of rotatable bonds is 2. The molecule has 1 heterocycles. The minimum Gasteiger partial charge on any atom is -0.316 e. The number of halogens is 1. The zero-order valence-corrected chi connectivity index (χ0v) is 10.6. The Balaban J connectivity index is 1.97. The largest absolute Gasteiger partial charge is 0.316 e. The van der Waals surface area contributed by atoms with E-state index in [2.05, 4.69) is 5.32 Å². The molecule has 2 aliphatic rings. The van der Waals surface area contributed by atoms with Crippen LogP contribution in [0.3, 0.4) is 0 Å². The van der Waals surface area contributed by atoms with Gasteiger partial charge in [0.05, 0.1) is 0 Å². The van der Waals surface area contributed by atoms with E-state index in [9.17, 15) is 0 Å². The summed E-state index contributed by atoms with van der Waals surface area (Å²) in [6, 6.07) is 0. The van der Waals surface area contributed by atoms with Gasteiger partial charge in [-0.15, -0.1) is 0 Å². The molecule has 94 valence electrons. The summed E-state index contributed by atoms with van der Waals surface area (Å²) in [5.74, 6) is 0.573. The van der Waals surface area contributed by atoms with E-state index < -0.39 is 5.67 Å². The standard InChI is InChI=1S/C14H26FN/c1-14(15,13-9-6-10-16-11-13)12-7-4-2-3-5-8-12/h12-13,16H,2-11H2,1H3. The van der Waals surface area contributed by atoms with Gasteiger partial charge in [-0.25, -0.2) is 4.39 Å². The summed E-state index contributed by atoms with van der Waals surface area (Å²) in [6.45, 7) is 3.85. The molecule has 1 aliphatic carbocycles. The lowest BCUT2D eigenvalue weighted by atomic mass is 9.73. The lowest BCUT2D eigenvalue weighted by Gasteiger charge is -2.39. The van der Waals surface area contributed by atoms with Crippen molar-refractivity contribution in [1.82, 2.24) is 5.32 Å². The van der Waals surface area contributed by atoms with Gasteiger partial charge in [0.2, 0.25) is 0 Å². The molecule has 16 heavy (non-hydrogen) atoms. The summed E-state index contributed by atoms with van der Waals surface area (Å²) in [4.78, 5) is 0. The van der Waals surface area contributed by atoms with Crippen molar-refractivity contribution in [3.8, 4) is 0 Å². The highest BCUT2D eigenvalue weighted by atomic mass is 19.1. The highest BCUT2D eigenvalue weighted by Crippen LogP contribution is 2.41. The van der Waals surface area contributed by atoms with Crippen LogP contribution in [-0.4, -0.2) is 18.8 Å². The maximum atomic E-state index is 15.0. The summed E-state index contributed by atoms with van der Waals surface area (Å²) in [5, 5.41) is 3.36. The van der Waals surface area contributed by atoms with Crippen molar-refractivity contribution >= 4 is 0 Å². The average molecular weight is 227 g/mol. The third kappa shape index (κ3) is 2.77. The first-order chi connectivity index (χ1) is 7.71. The van der Waals surface area contributed by atoms with Gasteiger partial charge in [-0.05, 0) is 45.1 Å². The van der Waals surface area contributed by atoms with Gasteiger partial charge >= 0.3 is 0 Å². The number of hydrogen-bond acceptors (Lipinski definition) is 1. The van der Waals surface area contributed by atoms with Crippen LogP contribution < -0.4 is 5.32 Å². The Kier molecular flexibility index (Phi) is 4.23. The van der Waals surface area contributed by atoms with E-state index in [-0.39, 0.29) is 5.92 Å². The van der Waals surface area contributed by atoms with E-state index in [1.54, 1.807) is 0 Å². The monoisotopic (exact) mass is 227 g/mol. The number of alkyl halides is 1. The van der Waals surface area contributed by atoms with Crippen molar-refractivity contribution in [2.45, 2.75) is 64.0 Å². The molecule has 0 radical (unpaired) electrons. The molecule has 2 unspecified atom stereocenters. The molecule has 2 fully saturated rings. The van der Waals surface area contributed by atoms with Crippen LogP contribution in [0.2, 0.25) is 0 Å². The fraction of sp³-hybridized carbons (Fsp3) is 1.00. The van der Waals surface area contributed by atoms with Crippen LogP contribution >= 0.6 is 0 Å². The van der Waals surface area contributed by atoms with Crippen LogP contribution in [0.15, 0.2) is 0 Å². The van der Waals surface area contributed by atoms with E-state index in [1.165, 1.54) is 25.7 Å². The first kappa shape index (κ1) is 12.3. The summed E-state index contributed by atoms with van der Waals surface area (Å²) < 4.78 is 15.0. The van der Waals surface area contributed by atoms with Gasteiger partial charge in [-0.2, -0.15) is 0 Å². The van der Waals surface area contributed by atoms with E-state index >= 15 is 4.39 Å². The maximum absolute atomic E-state index is 15.0. The topological polar surface area (TPSA) is 12.0 Å². The molecule has 0 spiro atoms. The Bertz CT molecular complexity index is 201. The van der Waals surface area contributed by atoms with Crippen molar-refractivity contribution in [2.24, 2.45) is 11.8 Å². The molecule has 2 heteroatoms. The Morgan fingerprint density at radius 2 is 1.56 bits per heavy atom. The molecular weight excluding hydrogens is 201 g/mol. The smallest absolute Gasteiger partial charge is 0.115 e. The second-order valence-electron chi connectivity index (χ2n) is 5.88. The van der Waals surface area contributed by atoms with Gasteiger partial charge in [-0.3, -0.25) is 0 Å². The van der Waals surface area contributed by atoms with Crippen molar-refractivity contribution < 1.29 is 4.39 Å². The van der Waals surface area contributed by atoms with Crippen LogP contribution in [0.5, 0.6) is 0 Å². The third-order valence-corrected chi connectivity index (χ3v) is 4.75. The molecule has 0 amide bonds. The fourth-order valence-corrected chi connectivity index (χ4v) is 3.51. The summed E-state index contributed by atoms with van der Waals surface area (Å²) >= 11 is 0. The lowest BCUT2D eigenvalue weighted by molar-refractivity contribution is 0.0140. The second-order valence-corrected chi connectivity index (χ2v) is 5.88. The third-order valence-electron chi connectivity index (χ3n) is 4.75. The number of nitrogens with one attached hydrogen (secondary N) is 1. The van der Waals surface area contributed by atoms with Gasteiger partial charge in [-0.1, -0.05) is 25.7 Å². The first-order valence-electron chi connectivity index (χ1n) is 7.11. The van der Waals surface area contributed by atoms with Gasteiger partial charge < -0.3 is 5.32 Å². The van der Waals surface area contributed by atoms with Crippen LogP contribution in [0, 0.1) is 11.8 Å². The Morgan fingerprint density at radius 3 is 2.12 bits per heavy atom. The molecule has 0 aromatic carbocycles. The molecular formula is C14H26FN. The zero-order valence-electron chi connectivity index (χ0n) is 10.6. The Morgan fingerprint density at radius 1 is 0.938 bits per heavy atom. The summed E-state index contributed by atoms with van der Waals surface area (Å²) in [6.07, 6.45) is 9.57. The highest BCUT2D eigenvalue weighted by molar-refractivity contribution is 4.92. The van der Waals surface area contributed by atoms with Gasteiger partial charge in [0.15, 0.2) is 0 Å². The quantitative estimate of drug-likeness (QED) is 0.710. The van der Waals surface area contributed by atoms with Gasteiger partial charge in [0, 0.05) is 12.5 Å². The minimum absolute atomic E-state index is 0.254. The normalized spacial score (nSPS) is 33.0. The lowest BCUT2D eigenvalue weighted by Crippen LogP contribution is -2.45. The maximum Gasteiger partial charge on any atom is 0.115 e. The second kappa shape index (κ2) is 5.48.